The summed E-state index contributed by atoms with van der Waals surface area (Å²) < 4.78 is 0. The lowest BCUT2D eigenvalue weighted by Crippen LogP contribution is -2.32. The molecule has 2 rings (SSSR count). The largest absolute Gasteiger partial charge is 0.326 e. The molecule has 0 aliphatic heterocycles. The fraction of sp³-hybridized carbons (Fsp3) is 0.222. The van der Waals surface area contributed by atoms with Gasteiger partial charge in [-0.05, 0) is 42.8 Å². The molecule has 126 valence electrons. The number of hydrogen-bond donors (Lipinski definition) is 1. The van der Waals surface area contributed by atoms with E-state index in [1.165, 1.54) is 6.92 Å². The summed E-state index contributed by atoms with van der Waals surface area (Å²) in [5.41, 5.74) is 2.26. The van der Waals surface area contributed by atoms with Crippen LogP contribution in [-0.2, 0) is 9.59 Å². The molecule has 0 heterocycles. The smallest absolute Gasteiger partial charge is 0.226 e. The van der Waals surface area contributed by atoms with Crippen LogP contribution in [0.3, 0.4) is 0 Å². The van der Waals surface area contributed by atoms with Gasteiger partial charge in [0, 0.05) is 41.3 Å². The summed E-state index contributed by atoms with van der Waals surface area (Å²) >= 11 is 11.9. The second kappa shape index (κ2) is 8.18. The Morgan fingerprint density at radius 1 is 1.08 bits per heavy atom. The molecule has 0 atom stereocenters. The first-order valence-electron chi connectivity index (χ1n) is 7.46. The number of halogens is 2. The Balaban J connectivity index is 2.05. The van der Waals surface area contributed by atoms with Gasteiger partial charge >= 0.3 is 0 Å². The van der Waals surface area contributed by atoms with E-state index in [-0.39, 0.29) is 24.8 Å². The molecule has 0 saturated carbocycles. The number of nitrogens with zero attached hydrogens (tertiary/aromatic N) is 1. The Morgan fingerprint density at radius 3 is 2.46 bits per heavy atom. The lowest BCUT2D eigenvalue weighted by Gasteiger charge is -2.23. The SMILES string of the molecule is CC(=O)N(CCC(=O)Nc1cccc(Cl)c1)c1cc(Cl)ccc1C. The van der Waals surface area contributed by atoms with Gasteiger partial charge in [-0.15, -0.1) is 0 Å². The molecule has 6 heteroatoms. The van der Waals surface area contributed by atoms with Crippen molar-refractivity contribution >= 4 is 46.4 Å². The van der Waals surface area contributed by atoms with Gasteiger partial charge in [0.2, 0.25) is 11.8 Å². The zero-order valence-electron chi connectivity index (χ0n) is 13.5. The summed E-state index contributed by atoms with van der Waals surface area (Å²) in [6, 6.07) is 12.3. The predicted molar refractivity (Wildman–Crippen MR) is 98.9 cm³/mol. The number of nitrogens with one attached hydrogen (secondary N) is 1. The standard InChI is InChI=1S/C18H18Cl2N2O2/c1-12-6-7-15(20)11-17(12)22(13(2)23)9-8-18(24)21-16-5-3-4-14(19)10-16/h3-7,10-11H,8-9H2,1-2H3,(H,21,24). The molecule has 0 aliphatic rings. The quantitative estimate of drug-likeness (QED) is 0.836. The Hall–Kier alpha value is -2.04. The molecule has 0 saturated heterocycles. The van der Waals surface area contributed by atoms with E-state index in [0.29, 0.717) is 21.4 Å². The molecular weight excluding hydrogens is 347 g/mol. The fourth-order valence-corrected chi connectivity index (χ4v) is 2.68. The van der Waals surface area contributed by atoms with Gasteiger partial charge in [0.1, 0.15) is 0 Å². The summed E-state index contributed by atoms with van der Waals surface area (Å²) in [7, 11) is 0. The lowest BCUT2D eigenvalue weighted by molar-refractivity contribution is -0.117. The van der Waals surface area contributed by atoms with Crippen LogP contribution in [0.15, 0.2) is 42.5 Å². The molecule has 0 fully saturated rings. The molecule has 0 unspecified atom stereocenters. The van der Waals surface area contributed by atoms with Crippen LogP contribution >= 0.6 is 23.2 Å². The van der Waals surface area contributed by atoms with Crippen molar-refractivity contribution in [2.24, 2.45) is 0 Å². The monoisotopic (exact) mass is 364 g/mol. The molecule has 2 aromatic rings. The Bertz CT molecular complexity index is 762. The highest BCUT2D eigenvalue weighted by molar-refractivity contribution is 6.31. The van der Waals surface area contributed by atoms with E-state index in [1.54, 1.807) is 41.3 Å². The number of carbonyl (C=O) groups is 2. The normalized spacial score (nSPS) is 10.3. The van der Waals surface area contributed by atoms with E-state index in [9.17, 15) is 9.59 Å². The highest BCUT2D eigenvalue weighted by atomic mass is 35.5. The molecule has 0 aromatic heterocycles. The molecule has 0 radical (unpaired) electrons. The van der Waals surface area contributed by atoms with Gasteiger partial charge in [-0.1, -0.05) is 35.3 Å². The third-order valence-electron chi connectivity index (χ3n) is 3.51. The highest BCUT2D eigenvalue weighted by Gasteiger charge is 2.16. The van der Waals surface area contributed by atoms with Crippen molar-refractivity contribution in [1.29, 1.82) is 0 Å². The average Bonchev–Trinajstić information content (AvgIpc) is 2.50. The van der Waals surface area contributed by atoms with Crippen molar-refractivity contribution in [1.82, 2.24) is 0 Å². The van der Waals surface area contributed by atoms with E-state index in [2.05, 4.69) is 5.32 Å². The van der Waals surface area contributed by atoms with Gasteiger partial charge in [0.25, 0.3) is 0 Å². The van der Waals surface area contributed by atoms with Crippen LogP contribution in [0.4, 0.5) is 11.4 Å². The summed E-state index contributed by atoms with van der Waals surface area (Å²) in [6.45, 7) is 3.63. The van der Waals surface area contributed by atoms with Crippen molar-refractivity contribution in [3.05, 3.63) is 58.1 Å². The number of amides is 2. The van der Waals surface area contributed by atoms with Gasteiger partial charge in [-0.2, -0.15) is 0 Å². The van der Waals surface area contributed by atoms with E-state index in [1.807, 2.05) is 13.0 Å². The summed E-state index contributed by atoms with van der Waals surface area (Å²) in [5, 5.41) is 3.86. The van der Waals surface area contributed by atoms with Crippen molar-refractivity contribution in [2.75, 3.05) is 16.8 Å². The van der Waals surface area contributed by atoms with Crippen LogP contribution in [0, 0.1) is 6.92 Å². The van der Waals surface area contributed by atoms with Gasteiger partial charge in [0.15, 0.2) is 0 Å². The van der Waals surface area contributed by atoms with Crippen molar-refractivity contribution in [3.63, 3.8) is 0 Å². The van der Waals surface area contributed by atoms with Gasteiger partial charge in [0.05, 0.1) is 0 Å². The minimum absolute atomic E-state index is 0.143. The third-order valence-corrected chi connectivity index (χ3v) is 3.98. The number of benzene rings is 2. The third kappa shape index (κ3) is 4.98. The molecular formula is C18H18Cl2N2O2. The topological polar surface area (TPSA) is 49.4 Å². The van der Waals surface area contributed by atoms with Gasteiger partial charge in [-0.3, -0.25) is 9.59 Å². The molecule has 2 amide bonds. The maximum absolute atomic E-state index is 12.1. The maximum Gasteiger partial charge on any atom is 0.226 e. The minimum atomic E-state index is -0.191. The second-order valence-electron chi connectivity index (χ2n) is 5.41. The average molecular weight is 365 g/mol. The summed E-state index contributed by atoms with van der Waals surface area (Å²) in [6.07, 6.45) is 0.165. The number of hydrogen-bond acceptors (Lipinski definition) is 2. The lowest BCUT2D eigenvalue weighted by atomic mass is 10.1. The highest BCUT2D eigenvalue weighted by Crippen LogP contribution is 2.25. The predicted octanol–water partition coefficient (Wildman–Crippen LogP) is 4.68. The molecule has 4 nitrogen and oxygen atoms in total. The molecule has 0 aliphatic carbocycles. The first kappa shape index (κ1) is 18.3. The van der Waals surface area contributed by atoms with Crippen LogP contribution < -0.4 is 10.2 Å². The van der Waals surface area contributed by atoms with Crippen molar-refractivity contribution in [2.45, 2.75) is 20.3 Å². The molecule has 1 N–H and O–H groups in total. The van der Waals surface area contributed by atoms with E-state index in [0.717, 1.165) is 5.56 Å². The first-order valence-corrected chi connectivity index (χ1v) is 8.22. The zero-order chi connectivity index (χ0) is 17.7. The van der Waals surface area contributed by atoms with Crippen molar-refractivity contribution in [3.8, 4) is 0 Å². The molecule has 2 aromatic carbocycles. The van der Waals surface area contributed by atoms with Crippen LogP contribution in [-0.4, -0.2) is 18.4 Å². The van der Waals surface area contributed by atoms with E-state index >= 15 is 0 Å². The van der Waals surface area contributed by atoms with Gasteiger partial charge < -0.3 is 10.2 Å². The first-order chi connectivity index (χ1) is 11.4. The second-order valence-corrected chi connectivity index (χ2v) is 6.28. The zero-order valence-corrected chi connectivity index (χ0v) is 15.0. The van der Waals surface area contributed by atoms with E-state index < -0.39 is 0 Å². The number of aryl methyl sites for hydroxylation is 1. The summed E-state index contributed by atoms with van der Waals surface area (Å²) in [5.74, 6) is -0.334. The number of carbonyl (C=O) groups excluding carboxylic acids is 2. The number of anilines is 2. The van der Waals surface area contributed by atoms with Crippen LogP contribution in [0.25, 0.3) is 0 Å². The van der Waals surface area contributed by atoms with Gasteiger partial charge in [-0.25, -0.2) is 0 Å². The van der Waals surface area contributed by atoms with Crippen LogP contribution in [0.2, 0.25) is 10.0 Å². The Kier molecular flexibility index (Phi) is 6.23. The van der Waals surface area contributed by atoms with E-state index in [4.69, 9.17) is 23.2 Å². The van der Waals surface area contributed by atoms with Crippen LogP contribution in [0.1, 0.15) is 18.9 Å². The van der Waals surface area contributed by atoms with Crippen LogP contribution in [0.5, 0.6) is 0 Å². The molecule has 0 spiro atoms. The minimum Gasteiger partial charge on any atom is -0.326 e. The fourth-order valence-electron chi connectivity index (χ4n) is 2.32. The molecule has 0 bridgehead atoms. The maximum atomic E-state index is 12.1. The number of rotatable bonds is 5. The Morgan fingerprint density at radius 2 is 1.79 bits per heavy atom. The summed E-state index contributed by atoms with van der Waals surface area (Å²) in [4.78, 5) is 25.6. The molecule has 24 heavy (non-hydrogen) atoms. The van der Waals surface area contributed by atoms with Crippen molar-refractivity contribution < 1.29 is 9.59 Å². The Labute approximate surface area is 151 Å².